The molecule has 1 aromatic heterocycles. The second-order valence-electron chi connectivity index (χ2n) is 4.07. The van der Waals surface area contributed by atoms with Crippen LogP contribution < -0.4 is 10.6 Å². The average Bonchev–Trinajstić information content (AvgIpc) is 2.19. The van der Waals surface area contributed by atoms with Gasteiger partial charge in [-0.05, 0) is 36.7 Å². The van der Waals surface area contributed by atoms with E-state index in [1.165, 1.54) is 0 Å². The Hall–Kier alpha value is -0.870. The second kappa shape index (κ2) is 6.01. The molecule has 0 saturated carbocycles. The number of hydrogen-bond donors (Lipinski definition) is 2. The molecule has 3 nitrogen and oxygen atoms in total. The zero-order chi connectivity index (χ0) is 12.1. The summed E-state index contributed by atoms with van der Waals surface area (Å²) in [7, 11) is 0. The lowest BCUT2D eigenvalue weighted by molar-refractivity contribution is 0.627. The van der Waals surface area contributed by atoms with Gasteiger partial charge in [-0.1, -0.05) is 25.4 Å². The van der Waals surface area contributed by atoms with Gasteiger partial charge in [0.2, 0.25) is 0 Å². The number of pyridine rings is 1. The number of rotatable bonds is 3. The fraction of sp³-hybridized carbons (Fsp3) is 0.455. The van der Waals surface area contributed by atoms with Gasteiger partial charge >= 0.3 is 0 Å². The Morgan fingerprint density at radius 2 is 2.25 bits per heavy atom. The van der Waals surface area contributed by atoms with Crippen molar-refractivity contribution in [1.82, 2.24) is 10.3 Å². The maximum atomic E-state index is 6.02. The van der Waals surface area contributed by atoms with Crippen LogP contribution in [0.5, 0.6) is 0 Å². The molecular weight excluding hydrogens is 242 g/mol. The third-order valence-electron chi connectivity index (χ3n) is 1.88. The SMILES string of the molecule is Cc1cnc(NC(=S)NCC(C)C)c(Cl)c1. The van der Waals surface area contributed by atoms with E-state index in [-0.39, 0.29) is 0 Å². The van der Waals surface area contributed by atoms with Crippen molar-refractivity contribution in [1.29, 1.82) is 0 Å². The molecule has 0 spiro atoms. The fourth-order valence-electron chi connectivity index (χ4n) is 1.07. The zero-order valence-electron chi connectivity index (χ0n) is 9.67. The summed E-state index contributed by atoms with van der Waals surface area (Å²) in [6, 6.07) is 1.85. The minimum absolute atomic E-state index is 0.543. The first-order valence-electron chi connectivity index (χ1n) is 5.16. The van der Waals surface area contributed by atoms with Gasteiger partial charge in [0, 0.05) is 12.7 Å². The summed E-state index contributed by atoms with van der Waals surface area (Å²) in [5.41, 5.74) is 1.02. The van der Waals surface area contributed by atoms with E-state index in [4.69, 9.17) is 23.8 Å². The normalized spacial score (nSPS) is 10.3. The van der Waals surface area contributed by atoms with Crippen LogP contribution in [0.15, 0.2) is 12.3 Å². The number of aromatic nitrogens is 1. The summed E-state index contributed by atoms with van der Waals surface area (Å²) >= 11 is 11.1. The molecule has 0 unspecified atom stereocenters. The van der Waals surface area contributed by atoms with Crippen LogP contribution in [-0.2, 0) is 0 Å². The van der Waals surface area contributed by atoms with E-state index < -0.39 is 0 Å². The molecular formula is C11H16ClN3S. The number of anilines is 1. The maximum Gasteiger partial charge on any atom is 0.171 e. The summed E-state index contributed by atoms with van der Waals surface area (Å²) in [5, 5.41) is 7.19. The van der Waals surface area contributed by atoms with Crippen LogP contribution >= 0.6 is 23.8 Å². The molecule has 88 valence electrons. The molecule has 0 amide bonds. The molecule has 1 aromatic rings. The van der Waals surface area contributed by atoms with E-state index in [0.29, 0.717) is 21.9 Å². The molecule has 2 N–H and O–H groups in total. The Labute approximate surface area is 107 Å². The molecule has 0 atom stereocenters. The summed E-state index contributed by atoms with van der Waals surface area (Å²) in [4.78, 5) is 4.17. The first-order valence-corrected chi connectivity index (χ1v) is 5.94. The predicted molar refractivity (Wildman–Crippen MR) is 73.0 cm³/mol. The standard InChI is InChI=1S/C11H16ClN3S/c1-7(2)5-14-11(16)15-10-9(12)4-8(3)6-13-10/h4,6-7H,5H2,1-3H3,(H2,13,14,15,16). The van der Waals surface area contributed by atoms with Crippen LogP contribution in [0.2, 0.25) is 5.02 Å². The summed E-state index contributed by atoms with van der Waals surface area (Å²) in [6.45, 7) is 7.01. The monoisotopic (exact) mass is 257 g/mol. The highest BCUT2D eigenvalue weighted by Crippen LogP contribution is 2.19. The van der Waals surface area contributed by atoms with Gasteiger partial charge in [-0.2, -0.15) is 0 Å². The average molecular weight is 258 g/mol. The van der Waals surface area contributed by atoms with Gasteiger partial charge in [-0.25, -0.2) is 4.98 Å². The molecule has 0 aliphatic rings. The molecule has 16 heavy (non-hydrogen) atoms. The maximum absolute atomic E-state index is 6.02. The molecule has 1 rings (SSSR count). The molecule has 0 radical (unpaired) electrons. The van der Waals surface area contributed by atoms with Crippen LogP contribution in [0, 0.1) is 12.8 Å². The van der Waals surface area contributed by atoms with Crippen LogP contribution in [-0.4, -0.2) is 16.6 Å². The van der Waals surface area contributed by atoms with E-state index in [0.717, 1.165) is 12.1 Å². The van der Waals surface area contributed by atoms with Crippen LogP contribution in [0.1, 0.15) is 19.4 Å². The van der Waals surface area contributed by atoms with Crippen molar-refractivity contribution in [3.8, 4) is 0 Å². The molecule has 0 aromatic carbocycles. The highest BCUT2D eigenvalue weighted by atomic mass is 35.5. The molecule has 0 bridgehead atoms. The van der Waals surface area contributed by atoms with Crippen molar-refractivity contribution in [3.05, 3.63) is 22.8 Å². The molecule has 1 heterocycles. The predicted octanol–water partition coefficient (Wildman–Crippen LogP) is 2.99. The van der Waals surface area contributed by atoms with Gasteiger partial charge in [0.25, 0.3) is 0 Å². The Morgan fingerprint density at radius 1 is 1.56 bits per heavy atom. The number of hydrogen-bond acceptors (Lipinski definition) is 2. The van der Waals surface area contributed by atoms with Gasteiger partial charge in [0.05, 0.1) is 5.02 Å². The van der Waals surface area contributed by atoms with Gasteiger partial charge in [-0.3, -0.25) is 0 Å². The fourth-order valence-corrected chi connectivity index (χ4v) is 1.52. The third-order valence-corrected chi connectivity index (χ3v) is 2.42. The molecule has 0 aliphatic carbocycles. The van der Waals surface area contributed by atoms with Crippen LogP contribution in [0.3, 0.4) is 0 Å². The summed E-state index contributed by atoms with van der Waals surface area (Å²) < 4.78 is 0. The lowest BCUT2D eigenvalue weighted by Crippen LogP contribution is -2.31. The van der Waals surface area contributed by atoms with Crippen molar-refractivity contribution < 1.29 is 0 Å². The molecule has 0 saturated heterocycles. The highest BCUT2D eigenvalue weighted by Gasteiger charge is 2.04. The minimum Gasteiger partial charge on any atom is -0.362 e. The first kappa shape index (κ1) is 13.2. The van der Waals surface area contributed by atoms with Crippen LogP contribution in [0.25, 0.3) is 0 Å². The van der Waals surface area contributed by atoms with Gasteiger partial charge in [-0.15, -0.1) is 0 Å². The highest BCUT2D eigenvalue weighted by molar-refractivity contribution is 7.80. The van der Waals surface area contributed by atoms with Gasteiger partial charge in [0.1, 0.15) is 0 Å². The second-order valence-corrected chi connectivity index (χ2v) is 4.89. The topological polar surface area (TPSA) is 37.0 Å². The van der Waals surface area contributed by atoms with E-state index in [1.54, 1.807) is 6.20 Å². The Balaban J connectivity index is 2.56. The van der Waals surface area contributed by atoms with Crippen molar-refractivity contribution in [3.63, 3.8) is 0 Å². The van der Waals surface area contributed by atoms with Crippen molar-refractivity contribution in [2.45, 2.75) is 20.8 Å². The largest absolute Gasteiger partial charge is 0.362 e. The Morgan fingerprint density at radius 3 is 2.81 bits per heavy atom. The Kier molecular flexibility index (Phi) is 4.96. The lowest BCUT2D eigenvalue weighted by atomic mass is 10.2. The van der Waals surface area contributed by atoms with Crippen molar-refractivity contribution in [2.24, 2.45) is 5.92 Å². The molecule has 0 fully saturated rings. The zero-order valence-corrected chi connectivity index (χ0v) is 11.2. The number of aryl methyl sites for hydroxylation is 1. The van der Waals surface area contributed by atoms with Crippen LogP contribution in [0.4, 0.5) is 5.82 Å². The van der Waals surface area contributed by atoms with Gasteiger partial charge < -0.3 is 10.6 Å². The lowest BCUT2D eigenvalue weighted by Gasteiger charge is -2.12. The summed E-state index contributed by atoms with van der Waals surface area (Å²) in [5.74, 6) is 1.13. The van der Waals surface area contributed by atoms with Crippen molar-refractivity contribution in [2.75, 3.05) is 11.9 Å². The number of thiocarbonyl (C=S) groups is 1. The number of nitrogens with one attached hydrogen (secondary N) is 2. The van der Waals surface area contributed by atoms with E-state index in [1.807, 2.05) is 13.0 Å². The van der Waals surface area contributed by atoms with Gasteiger partial charge in [0.15, 0.2) is 10.9 Å². The smallest absolute Gasteiger partial charge is 0.171 e. The van der Waals surface area contributed by atoms with E-state index in [2.05, 4.69) is 29.5 Å². The third kappa shape index (κ3) is 4.33. The van der Waals surface area contributed by atoms with E-state index >= 15 is 0 Å². The number of nitrogens with zero attached hydrogens (tertiary/aromatic N) is 1. The Bertz CT molecular complexity index is 379. The van der Waals surface area contributed by atoms with Crippen molar-refractivity contribution >= 4 is 34.7 Å². The molecule has 5 heteroatoms. The quantitative estimate of drug-likeness (QED) is 0.817. The van der Waals surface area contributed by atoms with E-state index in [9.17, 15) is 0 Å². The number of halogens is 1. The molecule has 0 aliphatic heterocycles. The minimum atomic E-state index is 0.543. The first-order chi connectivity index (χ1) is 7.49. The summed E-state index contributed by atoms with van der Waals surface area (Å²) in [6.07, 6.45) is 1.75.